The van der Waals surface area contributed by atoms with E-state index in [-0.39, 0.29) is 24.2 Å². The first-order valence-corrected chi connectivity index (χ1v) is 10.3. The summed E-state index contributed by atoms with van der Waals surface area (Å²) in [6.07, 6.45) is 2.54. The van der Waals surface area contributed by atoms with Crippen LogP contribution in [0.1, 0.15) is 60.1 Å². The van der Waals surface area contributed by atoms with Crippen molar-refractivity contribution in [2.45, 2.75) is 58.0 Å². The highest BCUT2D eigenvalue weighted by atomic mass is 16.5. The van der Waals surface area contributed by atoms with Crippen molar-refractivity contribution < 1.29 is 19.0 Å². The Morgan fingerprint density at radius 2 is 2.03 bits per heavy atom. The minimum atomic E-state index is -0.0584. The van der Waals surface area contributed by atoms with Gasteiger partial charge >= 0.3 is 0 Å². The van der Waals surface area contributed by atoms with Crippen LogP contribution in [0.4, 0.5) is 0 Å². The summed E-state index contributed by atoms with van der Waals surface area (Å²) in [6.45, 7) is 5.90. The average molecular weight is 399 g/mol. The van der Waals surface area contributed by atoms with Gasteiger partial charge in [0.05, 0.1) is 37.7 Å². The highest BCUT2D eigenvalue weighted by Crippen LogP contribution is 2.31. The lowest BCUT2D eigenvalue weighted by atomic mass is 9.98. The molecule has 0 spiro atoms. The number of carbonyl (C=O) groups is 1. The third kappa shape index (κ3) is 4.16. The van der Waals surface area contributed by atoms with E-state index in [0.29, 0.717) is 25.4 Å². The van der Waals surface area contributed by atoms with Crippen LogP contribution in [-0.2, 0) is 22.5 Å². The number of carbonyl (C=O) groups excluding carboxylic acids is 1. The number of para-hydroxylation sites is 1. The third-order valence-corrected chi connectivity index (χ3v) is 5.83. The molecule has 4 rings (SSSR count). The van der Waals surface area contributed by atoms with E-state index in [2.05, 4.69) is 10.2 Å². The van der Waals surface area contributed by atoms with Gasteiger partial charge in [-0.1, -0.05) is 18.2 Å². The van der Waals surface area contributed by atoms with Gasteiger partial charge in [-0.25, -0.2) is 0 Å². The van der Waals surface area contributed by atoms with Gasteiger partial charge in [0, 0.05) is 30.6 Å². The summed E-state index contributed by atoms with van der Waals surface area (Å²) in [6, 6.07) is 7.90. The van der Waals surface area contributed by atoms with Crippen molar-refractivity contribution in [1.29, 1.82) is 0 Å². The van der Waals surface area contributed by atoms with Gasteiger partial charge in [-0.3, -0.25) is 9.89 Å². The Bertz CT molecular complexity index is 857. The van der Waals surface area contributed by atoms with Gasteiger partial charge < -0.3 is 19.1 Å². The monoisotopic (exact) mass is 399 g/mol. The van der Waals surface area contributed by atoms with Gasteiger partial charge in [-0.2, -0.15) is 5.10 Å². The molecule has 0 aliphatic carbocycles. The molecule has 7 heteroatoms. The molecule has 3 heterocycles. The van der Waals surface area contributed by atoms with Crippen LogP contribution in [0, 0.1) is 0 Å². The number of piperidine rings is 1. The first kappa shape index (κ1) is 19.9. The molecule has 0 unspecified atom stereocenters. The van der Waals surface area contributed by atoms with Crippen LogP contribution in [0.5, 0.6) is 5.75 Å². The van der Waals surface area contributed by atoms with E-state index in [4.69, 9.17) is 14.2 Å². The maximum absolute atomic E-state index is 13.1. The van der Waals surface area contributed by atoms with Gasteiger partial charge in [0.2, 0.25) is 0 Å². The summed E-state index contributed by atoms with van der Waals surface area (Å²) in [5, 5.41) is 7.35. The number of likely N-dealkylation sites (tertiary alicyclic amines) is 1. The molecule has 2 atom stereocenters. The second kappa shape index (κ2) is 8.55. The van der Waals surface area contributed by atoms with Crippen LogP contribution in [-0.4, -0.2) is 53.4 Å². The van der Waals surface area contributed by atoms with E-state index >= 15 is 0 Å². The van der Waals surface area contributed by atoms with Crippen LogP contribution >= 0.6 is 0 Å². The Labute approximate surface area is 171 Å². The second-order valence-corrected chi connectivity index (χ2v) is 7.87. The molecule has 2 aliphatic rings. The number of aromatic amines is 1. The lowest BCUT2D eigenvalue weighted by Gasteiger charge is -2.32. The Morgan fingerprint density at radius 3 is 2.79 bits per heavy atom. The molecule has 0 bridgehead atoms. The normalized spacial score (nSPS) is 22.4. The molecule has 1 amide bonds. The lowest BCUT2D eigenvalue weighted by molar-refractivity contribution is -0.00733. The lowest BCUT2D eigenvalue weighted by Crippen LogP contribution is -2.41. The molecule has 1 saturated heterocycles. The number of hydrogen-bond acceptors (Lipinski definition) is 5. The van der Waals surface area contributed by atoms with Crippen molar-refractivity contribution in [2.24, 2.45) is 0 Å². The Kier molecular flexibility index (Phi) is 5.87. The fourth-order valence-corrected chi connectivity index (χ4v) is 4.26. The molecule has 1 aromatic carbocycles. The standard InChI is InChI=1S/C22H29N3O4/c1-14-12-18-20(15(2)29-14)23-24-21(18)22(26)25-10-8-17(9-11-25)28-13-16-6-4-5-7-19(16)27-3/h4-7,14-15,17H,8-13H2,1-3H3,(H,23,24)/t14-,15+/m0/s1. The first-order valence-electron chi connectivity index (χ1n) is 10.3. The number of nitrogens with zero attached hydrogens (tertiary/aromatic N) is 2. The van der Waals surface area contributed by atoms with Crippen molar-refractivity contribution in [2.75, 3.05) is 20.2 Å². The van der Waals surface area contributed by atoms with E-state index < -0.39 is 0 Å². The van der Waals surface area contributed by atoms with Gasteiger partial charge in [0.15, 0.2) is 5.69 Å². The summed E-state index contributed by atoms with van der Waals surface area (Å²) in [5.41, 5.74) is 3.54. The fraction of sp³-hybridized carbons (Fsp3) is 0.545. The molecule has 156 valence electrons. The number of methoxy groups -OCH3 is 1. The molecule has 1 aromatic heterocycles. The first-order chi connectivity index (χ1) is 14.1. The number of ether oxygens (including phenoxy) is 3. The molecule has 0 radical (unpaired) electrons. The fourth-order valence-electron chi connectivity index (χ4n) is 4.26. The molecule has 7 nitrogen and oxygen atoms in total. The third-order valence-electron chi connectivity index (χ3n) is 5.83. The smallest absolute Gasteiger partial charge is 0.274 e. The zero-order valence-corrected chi connectivity index (χ0v) is 17.3. The van der Waals surface area contributed by atoms with E-state index in [1.807, 2.05) is 43.0 Å². The van der Waals surface area contributed by atoms with Crippen molar-refractivity contribution in [3.05, 3.63) is 46.8 Å². The number of H-pyrrole nitrogens is 1. The molecule has 1 N–H and O–H groups in total. The quantitative estimate of drug-likeness (QED) is 0.835. The molecule has 1 fully saturated rings. The number of nitrogens with one attached hydrogen (secondary N) is 1. The minimum Gasteiger partial charge on any atom is -0.496 e. The van der Waals surface area contributed by atoms with E-state index in [9.17, 15) is 4.79 Å². The minimum absolute atomic E-state index is 0.00646. The maximum Gasteiger partial charge on any atom is 0.274 e. The van der Waals surface area contributed by atoms with E-state index in [1.165, 1.54) is 0 Å². The van der Waals surface area contributed by atoms with Crippen molar-refractivity contribution in [3.8, 4) is 5.75 Å². The van der Waals surface area contributed by atoms with Crippen LogP contribution in [0.15, 0.2) is 24.3 Å². The summed E-state index contributed by atoms with van der Waals surface area (Å²) in [5.74, 6) is 0.850. The van der Waals surface area contributed by atoms with E-state index in [0.717, 1.165) is 41.8 Å². The molecule has 0 saturated carbocycles. The van der Waals surface area contributed by atoms with Crippen molar-refractivity contribution in [3.63, 3.8) is 0 Å². The largest absolute Gasteiger partial charge is 0.496 e. The Hall–Kier alpha value is -2.38. The van der Waals surface area contributed by atoms with Gasteiger partial charge in [-0.05, 0) is 32.8 Å². The van der Waals surface area contributed by atoms with E-state index in [1.54, 1.807) is 7.11 Å². The molecule has 2 aromatic rings. The van der Waals surface area contributed by atoms with Gasteiger partial charge in [-0.15, -0.1) is 0 Å². The summed E-state index contributed by atoms with van der Waals surface area (Å²) in [4.78, 5) is 15.0. The molecular weight excluding hydrogens is 370 g/mol. The summed E-state index contributed by atoms with van der Waals surface area (Å²) >= 11 is 0. The molecule has 2 aliphatic heterocycles. The Balaban J connectivity index is 1.34. The second-order valence-electron chi connectivity index (χ2n) is 7.87. The number of aromatic nitrogens is 2. The zero-order chi connectivity index (χ0) is 20.4. The van der Waals surface area contributed by atoms with Crippen LogP contribution in [0.25, 0.3) is 0 Å². The molecular formula is C22H29N3O4. The van der Waals surface area contributed by atoms with Crippen LogP contribution in [0.2, 0.25) is 0 Å². The highest BCUT2D eigenvalue weighted by molar-refractivity contribution is 5.94. The predicted octanol–water partition coefficient (Wildman–Crippen LogP) is 3.26. The number of benzene rings is 1. The molecule has 29 heavy (non-hydrogen) atoms. The van der Waals surface area contributed by atoms with Gasteiger partial charge in [0.1, 0.15) is 5.75 Å². The average Bonchev–Trinajstić information content (AvgIpc) is 3.16. The topological polar surface area (TPSA) is 76.7 Å². The predicted molar refractivity (Wildman–Crippen MR) is 108 cm³/mol. The Morgan fingerprint density at radius 1 is 1.28 bits per heavy atom. The van der Waals surface area contributed by atoms with Gasteiger partial charge in [0.25, 0.3) is 5.91 Å². The summed E-state index contributed by atoms with van der Waals surface area (Å²) in [7, 11) is 1.67. The number of fused-ring (bicyclic) bond motifs is 1. The number of hydrogen-bond donors (Lipinski definition) is 1. The number of rotatable bonds is 5. The number of amides is 1. The summed E-state index contributed by atoms with van der Waals surface area (Å²) < 4.78 is 17.3. The van der Waals surface area contributed by atoms with Crippen LogP contribution in [0.3, 0.4) is 0 Å². The van der Waals surface area contributed by atoms with Crippen molar-refractivity contribution >= 4 is 5.91 Å². The van der Waals surface area contributed by atoms with Crippen LogP contribution < -0.4 is 4.74 Å². The van der Waals surface area contributed by atoms with Crippen molar-refractivity contribution in [1.82, 2.24) is 15.1 Å². The maximum atomic E-state index is 13.1. The highest BCUT2D eigenvalue weighted by Gasteiger charge is 2.32. The zero-order valence-electron chi connectivity index (χ0n) is 17.3. The SMILES string of the molecule is COc1ccccc1COC1CCN(C(=O)c2n[nH]c3c2C[C@H](C)O[C@@H]3C)CC1.